The summed E-state index contributed by atoms with van der Waals surface area (Å²) in [5.41, 5.74) is 0. The average molecular weight is 911 g/mol. The van der Waals surface area contributed by atoms with E-state index in [1.165, 1.54) is 135 Å². The van der Waals surface area contributed by atoms with E-state index in [1.54, 1.807) is 0 Å². The van der Waals surface area contributed by atoms with Gasteiger partial charge in [-0.2, -0.15) is 0 Å². The van der Waals surface area contributed by atoms with Gasteiger partial charge in [-0.1, -0.05) is 249 Å². The van der Waals surface area contributed by atoms with Crippen LogP contribution >= 0.6 is 0 Å². The second-order valence-corrected chi connectivity index (χ2v) is 18.8. The zero-order chi connectivity index (χ0) is 47.2. The summed E-state index contributed by atoms with van der Waals surface area (Å²) in [7, 11) is 0. The first kappa shape index (κ1) is 62.4. The molecule has 1 unspecified atom stereocenters. The molecule has 0 aromatic carbocycles. The number of allylic oxidation sites excluding steroid dienone is 8. The third-order valence-corrected chi connectivity index (χ3v) is 12.3. The Labute approximate surface area is 403 Å². The van der Waals surface area contributed by atoms with Crippen molar-refractivity contribution >= 4 is 17.9 Å². The number of esters is 3. The van der Waals surface area contributed by atoms with Crippen molar-refractivity contribution in [3.05, 3.63) is 48.6 Å². The lowest BCUT2D eigenvalue weighted by Gasteiger charge is -2.18. The summed E-state index contributed by atoms with van der Waals surface area (Å²) in [6, 6.07) is 0. The normalized spacial score (nSPS) is 12.4. The molecular weight excluding hydrogens is 805 g/mol. The standard InChI is InChI=1S/C59H106O6/c1-4-7-10-13-16-19-22-25-26-27-28-29-30-31-32-35-37-40-43-46-49-52-58(61)64-55-56(65-59(62)53-50-47-44-41-38-34-24-21-18-15-12-9-6-3)54-63-57(60)51-48-45-42-39-36-33-23-20-17-14-11-8-5-2/h11-12,14-15,20-21,23-24,56H,4-10,13,16-19,22,25-55H2,1-3H3/b14-11-,15-12-,23-20-,24-21-. The molecule has 0 saturated heterocycles. The van der Waals surface area contributed by atoms with Gasteiger partial charge in [0.05, 0.1) is 0 Å². The highest BCUT2D eigenvalue weighted by atomic mass is 16.6. The third-order valence-electron chi connectivity index (χ3n) is 12.3. The summed E-state index contributed by atoms with van der Waals surface area (Å²) in [5.74, 6) is -0.899. The number of carbonyl (C=O) groups excluding carboxylic acids is 3. The maximum atomic E-state index is 12.8. The van der Waals surface area contributed by atoms with Gasteiger partial charge in [-0.05, 0) is 70.6 Å². The maximum Gasteiger partial charge on any atom is 0.306 e. The lowest BCUT2D eigenvalue weighted by Crippen LogP contribution is -2.30. The Kier molecular flexibility index (Phi) is 51.8. The predicted octanol–water partition coefficient (Wildman–Crippen LogP) is 18.7. The van der Waals surface area contributed by atoms with Gasteiger partial charge in [-0.25, -0.2) is 0 Å². The average Bonchev–Trinajstić information content (AvgIpc) is 3.30. The van der Waals surface area contributed by atoms with Crippen LogP contribution in [0.4, 0.5) is 0 Å². The molecule has 6 heteroatoms. The van der Waals surface area contributed by atoms with Crippen LogP contribution in [0.5, 0.6) is 0 Å². The minimum absolute atomic E-state index is 0.0809. The molecule has 0 aromatic heterocycles. The molecule has 0 radical (unpaired) electrons. The Morgan fingerprint density at radius 2 is 0.585 bits per heavy atom. The molecule has 0 saturated carbocycles. The number of rotatable bonds is 51. The van der Waals surface area contributed by atoms with Crippen molar-refractivity contribution < 1.29 is 28.6 Å². The van der Waals surface area contributed by atoms with Gasteiger partial charge in [0.15, 0.2) is 6.10 Å². The first-order chi connectivity index (χ1) is 32.0. The molecule has 6 nitrogen and oxygen atoms in total. The van der Waals surface area contributed by atoms with E-state index in [1.807, 2.05) is 0 Å². The maximum absolute atomic E-state index is 12.8. The molecule has 378 valence electrons. The molecule has 1 atom stereocenters. The van der Waals surface area contributed by atoms with Crippen LogP contribution in [0.1, 0.15) is 290 Å². The zero-order valence-corrected chi connectivity index (χ0v) is 43.3. The van der Waals surface area contributed by atoms with E-state index in [2.05, 4.69) is 69.4 Å². The fourth-order valence-corrected chi connectivity index (χ4v) is 8.05. The van der Waals surface area contributed by atoms with E-state index in [-0.39, 0.29) is 31.1 Å². The molecule has 0 bridgehead atoms. The molecule has 0 fully saturated rings. The summed E-state index contributed by atoms with van der Waals surface area (Å²) in [6.45, 7) is 6.52. The van der Waals surface area contributed by atoms with Crippen LogP contribution in [0.15, 0.2) is 48.6 Å². The van der Waals surface area contributed by atoms with Crippen molar-refractivity contribution in [1.82, 2.24) is 0 Å². The lowest BCUT2D eigenvalue weighted by atomic mass is 10.0. The smallest absolute Gasteiger partial charge is 0.306 e. The second-order valence-electron chi connectivity index (χ2n) is 18.8. The Morgan fingerprint density at radius 1 is 0.308 bits per heavy atom. The van der Waals surface area contributed by atoms with E-state index in [0.29, 0.717) is 19.3 Å². The monoisotopic (exact) mass is 911 g/mol. The van der Waals surface area contributed by atoms with Crippen LogP contribution in [0.2, 0.25) is 0 Å². The predicted molar refractivity (Wildman–Crippen MR) is 279 cm³/mol. The van der Waals surface area contributed by atoms with Gasteiger partial charge >= 0.3 is 17.9 Å². The van der Waals surface area contributed by atoms with Crippen LogP contribution in [0.3, 0.4) is 0 Å². The van der Waals surface area contributed by atoms with Crippen LogP contribution < -0.4 is 0 Å². The van der Waals surface area contributed by atoms with E-state index >= 15 is 0 Å². The summed E-state index contributed by atoms with van der Waals surface area (Å²) in [4.78, 5) is 38.0. The largest absolute Gasteiger partial charge is 0.462 e. The van der Waals surface area contributed by atoms with Crippen molar-refractivity contribution in [1.29, 1.82) is 0 Å². The van der Waals surface area contributed by atoms with Crippen molar-refractivity contribution in [3.8, 4) is 0 Å². The summed E-state index contributed by atoms with van der Waals surface area (Å²) in [6.07, 6.45) is 65.4. The highest BCUT2D eigenvalue weighted by Gasteiger charge is 2.19. The van der Waals surface area contributed by atoms with Gasteiger partial charge in [-0.3, -0.25) is 14.4 Å². The quantitative estimate of drug-likeness (QED) is 0.0262. The van der Waals surface area contributed by atoms with E-state index < -0.39 is 6.10 Å². The van der Waals surface area contributed by atoms with Crippen molar-refractivity contribution in [2.75, 3.05) is 13.2 Å². The summed E-state index contributed by atoms with van der Waals surface area (Å²) >= 11 is 0. The SMILES string of the molecule is CCC/C=C\C/C=C\CCCCCCCC(=O)OCC(COC(=O)CCCCCCCCCCCCCCCCCCCCCCC)OC(=O)CCCCCCC/C=C\C/C=C\CCC. The molecule has 65 heavy (non-hydrogen) atoms. The van der Waals surface area contributed by atoms with Gasteiger partial charge in [0.1, 0.15) is 13.2 Å². The Balaban J connectivity index is 4.29. The van der Waals surface area contributed by atoms with Gasteiger partial charge in [0, 0.05) is 19.3 Å². The number of unbranched alkanes of at least 4 members (excludes halogenated alkanes) is 32. The molecule has 0 spiro atoms. The van der Waals surface area contributed by atoms with Gasteiger partial charge in [0.2, 0.25) is 0 Å². The minimum Gasteiger partial charge on any atom is -0.462 e. The second kappa shape index (κ2) is 54.0. The minimum atomic E-state index is -0.783. The molecule has 0 N–H and O–H groups in total. The number of ether oxygens (including phenoxy) is 3. The highest BCUT2D eigenvalue weighted by Crippen LogP contribution is 2.16. The molecule has 0 heterocycles. The molecule has 0 aliphatic heterocycles. The van der Waals surface area contributed by atoms with Crippen LogP contribution in [-0.2, 0) is 28.6 Å². The van der Waals surface area contributed by atoms with Gasteiger partial charge in [-0.15, -0.1) is 0 Å². The van der Waals surface area contributed by atoms with Crippen molar-refractivity contribution in [2.24, 2.45) is 0 Å². The fourth-order valence-electron chi connectivity index (χ4n) is 8.05. The third kappa shape index (κ3) is 52.2. The van der Waals surface area contributed by atoms with Crippen LogP contribution in [-0.4, -0.2) is 37.2 Å². The molecule has 0 rings (SSSR count). The molecule has 0 amide bonds. The van der Waals surface area contributed by atoms with E-state index in [0.717, 1.165) is 116 Å². The zero-order valence-electron chi connectivity index (χ0n) is 43.3. The number of hydrogen-bond donors (Lipinski definition) is 0. The highest BCUT2D eigenvalue weighted by molar-refractivity contribution is 5.71. The van der Waals surface area contributed by atoms with Gasteiger partial charge in [0.25, 0.3) is 0 Å². The molecule has 0 aromatic rings. The fraction of sp³-hybridized carbons (Fsp3) is 0.814. The van der Waals surface area contributed by atoms with Crippen LogP contribution in [0, 0.1) is 0 Å². The van der Waals surface area contributed by atoms with Crippen molar-refractivity contribution in [2.45, 2.75) is 297 Å². The van der Waals surface area contributed by atoms with E-state index in [9.17, 15) is 14.4 Å². The molecular formula is C59H106O6. The number of carbonyl (C=O) groups is 3. The van der Waals surface area contributed by atoms with Gasteiger partial charge < -0.3 is 14.2 Å². The first-order valence-corrected chi connectivity index (χ1v) is 28.1. The summed E-state index contributed by atoms with van der Waals surface area (Å²) in [5, 5.41) is 0. The summed E-state index contributed by atoms with van der Waals surface area (Å²) < 4.78 is 16.8. The molecule has 0 aliphatic rings. The Morgan fingerprint density at radius 3 is 0.908 bits per heavy atom. The Bertz CT molecular complexity index is 1140. The van der Waals surface area contributed by atoms with Crippen molar-refractivity contribution in [3.63, 3.8) is 0 Å². The first-order valence-electron chi connectivity index (χ1n) is 28.1. The van der Waals surface area contributed by atoms with Crippen LogP contribution in [0.25, 0.3) is 0 Å². The number of hydrogen-bond acceptors (Lipinski definition) is 6. The lowest BCUT2D eigenvalue weighted by molar-refractivity contribution is -0.167. The van der Waals surface area contributed by atoms with E-state index in [4.69, 9.17) is 14.2 Å². The Hall–Kier alpha value is -2.63. The topological polar surface area (TPSA) is 78.9 Å². The molecule has 0 aliphatic carbocycles.